The third-order valence-corrected chi connectivity index (χ3v) is 13.9. The van der Waals surface area contributed by atoms with Crippen molar-refractivity contribution in [3.8, 4) is 44.5 Å². The molecule has 1 heterocycles. The highest BCUT2D eigenvalue weighted by Gasteiger charge is 2.38. The second kappa shape index (κ2) is 12.1. The monoisotopic (exact) mass is 735 g/mol. The Kier molecular flexibility index (Phi) is 7.18. The van der Waals surface area contributed by atoms with Crippen LogP contribution in [0.4, 0.5) is 17.1 Å². The molecular weight excluding hydrogens is 695 g/mol. The molecule has 0 unspecified atom stereocenters. The fourth-order valence-electron chi connectivity index (χ4n) is 9.74. The average Bonchev–Trinajstić information content (AvgIpc) is 3.81. The Morgan fingerprint density at radius 3 is 1.62 bits per heavy atom. The summed E-state index contributed by atoms with van der Waals surface area (Å²) in [6.45, 7) is 9.43. The van der Waals surface area contributed by atoms with Gasteiger partial charge in [0.1, 0.15) is 0 Å². The lowest BCUT2D eigenvalue weighted by Crippen LogP contribution is -2.16. The van der Waals surface area contributed by atoms with E-state index in [9.17, 15) is 0 Å². The van der Waals surface area contributed by atoms with Crippen molar-refractivity contribution in [1.82, 2.24) is 0 Å². The van der Waals surface area contributed by atoms with Crippen molar-refractivity contribution < 1.29 is 0 Å². The van der Waals surface area contributed by atoms with Crippen LogP contribution in [0.15, 0.2) is 176 Å². The van der Waals surface area contributed by atoms with Crippen molar-refractivity contribution in [3.05, 3.63) is 198 Å². The van der Waals surface area contributed by atoms with E-state index in [0.29, 0.717) is 0 Å². The maximum Gasteiger partial charge on any atom is 0.0543 e. The predicted octanol–water partition coefficient (Wildman–Crippen LogP) is 15.5. The lowest BCUT2D eigenvalue weighted by Gasteiger charge is -2.29. The van der Waals surface area contributed by atoms with Gasteiger partial charge in [0.25, 0.3) is 0 Å². The van der Waals surface area contributed by atoms with Gasteiger partial charge in [0.2, 0.25) is 0 Å². The molecule has 2 heteroatoms. The zero-order valence-corrected chi connectivity index (χ0v) is 32.9. The van der Waals surface area contributed by atoms with E-state index in [4.69, 9.17) is 0 Å². The van der Waals surface area contributed by atoms with Crippen LogP contribution in [0, 0.1) is 0 Å². The molecular formula is C54H41NS. The summed E-state index contributed by atoms with van der Waals surface area (Å²) >= 11 is 1.87. The molecule has 0 N–H and O–H groups in total. The molecule has 268 valence electrons. The summed E-state index contributed by atoms with van der Waals surface area (Å²) < 4.78 is 2.67. The fraction of sp³-hybridized carbons (Fsp3) is 0.111. The molecule has 0 bridgehead atoms. The van der Waals surface area contributed by atoms with Crippen molar-refractivity contribution in [3.63, 3.8) is 0 Å². The molecule has 0 atom stereocenters. The highest BCUT2D eigenvalue weighted by molar-refractivity contribution is 7.25. The zero-order chi connectivity index (χ0) is 37.8. The summed E-state index contributed by atoms with van der Waals surface area (Å²) in [4.78, 5) is 2.46. The fourth-order valence-corrected chi connectivity index (χ4v) is 10.8. The topological polar surface area (TPSA) is 3.24 Å². The van der Waals surface area contributed by atoms with Crippen LogP contribution in [-0.2, 0) is 10.8 Å². The third kappa shape index (κ3) is 4.85. The summed E-state index contributed by atoms with van der Waals surface area (Å²) in [5.41, 5.74) is 19.2. The smallest absolute Gasteiger partial charge is 0.0543 e. The summed E-state index contributed by atoms with van der Waals surface area (Å²) in [5, 5.41) is 2.65. The molecule has 0 amide bonds. The molecule has 11 rings (SSSR count). The first kappa shape index (κ1) is 33.1. The van der Waals surface area contributed by atoms with Crippen LogP contribution in [0.2, 0.25) is 0 Å². The summed E-state index contributed by atoms with van der Waals surface area (Å²) in [6, 6.07) is 65.8. The van der Waals surface area contributed by atoms with Crippen LogP contribution in [0.1, 0.15) is 49.9 Å². The number of rotatable bonds is 5. The van der Waals surface area contributed by atoms with Crippen LogP contribution >= 0.6 is 11.3 Å². The quantitative estimate of drug-likeness (QED) is 0.170. The van der Waals surface area contributed by atoms with E-state index in [0.717, 1.165) is 11.4 Å². The standard InChI is InChI=1S/C54H41NS/c1-53(2)46-16-9-6-14-43(46)52-47(53)17-11-18-49(52)55(38-26-20-34(21-27-38)36-25-31-51-44(32-36)42-13-7-10-19-50(42)56-51)39-28-22-35(23-29-39)37-24-30-41-40-12-5-8-15-45(40)54(3,4)48(41)33-37/h5-33H,1-4H3. The molecule has 56 heavy (non-hydrogen) atoms. The molecule has 0 radical (unpaired) electrons. The highest BCUT2D eigenvalue weighted by Crippen LogP contribution is 2.54. The van der Waals surface area contributed by atoms with Gasteiger partial charge in [-0.3, -0.25) is 0 Å². The number of benzene rings is 8. The van der Waals surface area contributed by atoms with Gasteiger partial charge in [-0.2, -0.15) is 0 Å². The van der Waals surface area contributed by atoms with E-state index in [1.165, 1.54) is 92.6 Å². The number of anilines is 3. The summed E-state index contributed by atoms with van der Waals surface area (Å²) in [5.74, 6) is 0. The molecule has 9 aromatic rings. The van der Waals surface area contributed by atoms with Gasteiger partial charge in [-0.25, -0.2) is 0 Å². The van der Waals surface area contributed by atoms with E-state index in [2.05, 4.69) is 209 Å². The van der Waals surface area contributed by atoms with E-state index in [-0.39, 0.29) is 10.8 Å². The Hall–Kier alpha value is -6.22. The second-order valence-electron chi connectivity index (χ2n) is 16.5. The van der Waals surface area contributed by atoms with Gasteiger partial charge >= 0.3 is 0 Å². The molecule has 1 nitrogen and oxygen atoms in total. The van der Waals surface area contributed by atoms with Gasteiger partial charge in [0.05, 0.1) is 5.69 Å². The predicted molar refractivity (Wildman–Crippen MR) is 240 cm³/mol. The minimum atomic E-state index is -0.0905. The molecule has 0 fully saturated rings. The Bertz CT molecular complexity index is 3010. The zero-order valence-electron chi connectivity index (χ0n) is 32.1. The van der Waals surface area contributed by atoms with Gasteiger partial charge in [0.15, 0.2) is 0 Å². The largest absolute Gasteiger partial charge is 0.310 e. The van der Waals surface area contributed by atoms with Gasteiger partial charge < -0.3 is 4.90 Å². The van der Waals surface area contributed by atoms with Gasteiger partial charge in [-0.05, 0) is 116 Å². The highest BCUT2D eigenvalue weighted by atomic mass is 32.1. The summed E-state index contributed by atoms with van der Waals surface area (Å²) in [6.07, 6.45) is 0. The maximum atomic E-state index is 2.46. The normalized spacial score (nSPS) is 14.4. The van der Waals surface area contributed by atoms with E-state index in [1.54, 1.807) is 0 Å². The van der Waals surface area contributed by atoms with E-state index in [1.807, 2.05) is 11.3 Å². The molecule has 0 spiro atoms. The Morgan fingerprint density at radius 1 is 0.375 bits per heavy atom. The molecule has 8 aromatic carbocycles. The van der Waals surface area contributed by atoms with Crippen LogP contribution in [0.25, 0.3) is 64.7 Å². The van der Waals surface area contributed by atoms with Crippen LogP contribution in [0.3, 0.4) is 0 Å². The molecule has 2 aliphatic rings. The SMILES string of the molecule is CC1(C)c2ccccc2-c2ccc(-c3ccc(N(c4ccc(-c5ccc6sc7ccccc7c6c5)cc4)c4cccc5c4-c4ccccc4C5(C)C)cc3)cc21. The summed E-state index contributed by atoms with van der Waals surface area (Å²) in [7, 11) is 0. The van der Waals surface area contributed by atoms with Gasteiger partial charge in [0, 0.05) is 47.9 Å². The van der Waals surface area contributed by atoms with Crippen molar-refractivity contribution in [2.24, 2.45) is 0 Å². The molecule has 0 aliphatic heterocycles. The first-order chi connectivity index (χ1) is 27.3. The number of hydrogen-bond donors (Lipinski definition) is 0. The number of nitrogens with zero attached hydrogens (tertiary/aromatic N) is 1. The van der Waals surface area contributed by atoms with Crippen LogP contribution in [0.5, 0.6) is 0 Å². The minimum Gasteiger partial charge on any atom is -0.310 e. The Balaban J connectivity index is 1.02. The van der Waals surface area contributed by atoms with Crippen molar-refractivity contribution >= 4 is 48.6 Å². The maximum absolute atomic E-state index is 2.46. The second-order valence-corrected chi connectivity index (χ2v) is 17.6. The molecule has 0 saturated heterocycles. The van der Waals surface area contributed by atoms with Crippen LogP contribution in [-0.4, -0.2) is 0 Å². The Labute approximate surface area is 333 Å². The van der Waals surface area contributed by atoms with Gasteiger partial charge in [-0.1, -0.05) is 149 Å². The number of thiophene rings is 1. The Morgan fingerprint density at radius 2 is 0.893 bits per heavy atom. The van der Waals surface area contributed by atoms with Crippen molar-refractivity contribution in [2.75, 3.05) is 4.90 Å². The number of hydrogen-bond acceptors (Lipinski definition) is 2. The number of fused-ring (bicyclic) bond motifs is 9. The average molecular weight is 736 g/mol. The lowest BCUT2D eigenvalue weighted by atomic mass is 9.81. The van der Waals surface area contributed by atoms with E-state index < -0.39 is 0 Å². The van der Waals surface area contributed by atoms with Crippen molar-refractivity contribution in [1.29, 1.82) is 0 Å². The van der Waals surface area contributed by atoms with Crippen molar-refractivity contribution in [2.45, 2.75) is 38.5 Å². The lowest BCUT2D eigenvalue weighted by molar-refractivity contribution is 0.660. The third-order valence-electron chi connectivity index (χ3n) is 12.7. The van der Waals surface area contributed by atoms with E-state index >= 15 is 0 Å². The molecule has 1 aromatic heterocycles. The van der Waals surface area contributed by atoms with Gasteiger partial charge in [-0.15, -0.1) is 11.3 Å². The first-order valence-electron chi connectivity index (χ1n) is 19.7. The molecule has 0 saturated carbocycles. The van der Waals surface area contributed by atoms with Crippen LogP contribution < -0.4 is 4.90 Å². The first-order valence-corrected chi connectivity index (χ1v) is 20.5. The molecule has 2 aliphatic carbocycles. The minimum absolute atomic E-state index is 0.0359.